The zero-order valence-corrected chi connectivity index (χ0v) is 15.5. The Bertz CT molecular complexity index is 1120. The molecule has 0 radical (unpaired) electrons. The van der Waals surface area contributed by atoms with Crippen molar-refractivity contribution in [3.63, 3.8) is 0 Å². The fourth-order valence-corrected chi connectivity index (χ4v) is 4.27. The molecule has 0 N–H and O–H groups in total. The summed E-state index contributed by atoms with van der Waals surface area (Å²) < 4.78 is 5.51. The third-order valence-corrected chi connectivity index (χ3v) is 5.66. The van der Waals surface area contributed by atoms with Gasteiger partial charge in [-0.3, -0.25) is 0 Å². The van der Waals surface area contributed by atoms with Gasteiger partial charge < -0.3 is 9.32 Å². The molecule has 1 aliphatic heterocycles. The van der Waals surface area contributed by atoms with E-state index < -0.39 is 0 Å². The largest absolute Gasteiger partial charge is 0.464 e. The van der Waals surface area contributed by atoms with Crippen LogP contribution in [0.2, 0.25) is 0 Å². The van der Waals surface area contributed by atoms with Crippen molar-refractivity contribution >= 4 is 11.0 Å². The lowest BCUT2D eigenvalue weighted by Crippen LogP contribution is -2.31. The van der Waals surface area contributed by atoms with Gasteiger partial charge in [0.15, 0.2) is 0 Å². The van der Waals surface area contributed by atoms with Gasteiger partial charge in [0.1, 0.15) is 5.58 Å². The summed E-state index contributed by atoms with van der Waals surface area (Å²) in [4.78, 5) is 2.40. The average Bonchev–Trinajstić information content (AvgIpc) is 3.17. The molecule has 2 aromatic heterocycles. The fourth-order valence-electron chi connectivity index (χ4n) is 4.27. The molecule has 5 rings (SSSR count). The molecule has 2 aromatic carbocycles. The quantitative estimate of drug-likeness (QED) is 0.519. The molecule has 0 saturated carbocycles. The third-order valence-electron chi connectivity index (χ3n) is 5.66. The maximum atomic E-state index is 5.51. The molecule has 4 nitrogen and oxygen atoms in total. The van der Waals surface area contributed by atoms with Crippen LogP contribution in [0.4, 0.5) is 0 Å². The van der Waals surface area contributed by atoms with E-state index in [1.54, 1.807) is 12.5 Å². The fraction of sp³-hybridized carbons (Fsp3) is 0.217. The van der Waals surface area contributed by atoms with Gasteiger partial charge in [0, 0.05) is 36.2 Å². The van der Waals surface area contributed by atoms with Gasteiger partial charge in [0.25, 0.3) is 0 Å². The zero-order chi connectivity index (χ0) is 18.4. The van der Waals surface area contributed by atoms with Crippen LogP contribution in [-0.2, 0) is 6.54 Å². The first-order valence-corrected chi connectivity index (χ1v) is 9.27. The highest BCUT2D eigenvalue weighted by Crippen LogP contribution is 2.38. The van der Waals surface area contributed by atoms with Gasteiger partial charge in [0.2, 0.25) is 0 Å². The van der Waals surface area contributed by atoms with Gasteiger partial charge in [-0.1, -0.05) is 18.2 Å². The Morgan fingerprint density at radius 2 is 2.04 bits per heavy atom. The van der Waals surface area contributed by atoms with Crippen molar-refractivity contribution in [3.8, 4) is 11.3 Å². The van der Waals surface area contributed by atoms with E-state index in [0.717, 1.165) is 29.8 Å². The monoisotopic (exact) mass is 355 g/mol. The van der Waals surface area contributed by atoms with Crippen molar-refractivity contribution in [1.29, 1.82) is 0 Å². The van der Waals surface area contributed by atoms with E-state index in [4.69, 9.17) is 4.42 Å². The van der Waals surface area contributed by atoms with Crippen molar-refractivity contribution in [2.24, 2.45) is 0 Å². The number of aromatic nitrogens is 2. The molecule has 3 heterocycles. The van der Waals surface area contributed by atoms with Crippen molar-refractivity contribution in [3.05, 3.63) is 83.2 Å². The van der Waals surface area contributed by atoms with Gasteiger partial charge in [-0.05, 0) is 66.6 Å². The van der Waals surface area contributed by atoms with Crippen molar-refractivity contribution in [1.82, 2.24) is 15.1 Å². The molecular formula is C23H21N3O. The summed E-state index contributed by atoms with van der Waals surface area (Å²) in [5, 5.41) is 9.52. The summed E-state index contributed by atoms with van der Waals surface area (Å²) in [5.74, 6) is 0.354. The molecular weight excluding hydrogens is 334 g/mol. The first kappa shape index (κ1) is 16.2. The number of rotatable bonds is 2. The Kier molecular flexibility index (Phi) is 3.80. The van der Waals surface area contributed by atoms with E-state index in [1.807, 2.05) is 18.2 Å². The Balaban J connectivity index is 1.64. The molecule has 1 unspecified atom stereocenters. The van der Waals surface area contributed by atoms with Crippen molar-refractivity contribution < 1.29 is 4.42 Å². The molecule has 0 aliphatic carbocycles. The number of nitrogens with zero attached hydrogens (tertiary/aromatic N) is 3. The summed E-state index contributed by atoms with van der Waals surface area (Å²) in [6.45, 7) is 4.18. The van der Waals surface area contributed by atoms with Crippen LogP contribution in [-0.4, -0.2) is 28.7 Å². The van der Waals surface area contributed by atoms with Crippen molar-refractivity contribution in [2.45, 2.75) is 19.4 Å². The van der Waals surface area contributed by atoms with E-state index in [9.17, 15) is 0 Å². The highest BCUT2D eigenvalue weighted by Gasteiger charge is 2.27. The predicted octanol–water partition coefficient (Wildman–Crippen LogP) is 4.78. The smallest absolute Gasteiger partial charge is 0.133 e. The van der Waals surface area contributed by atoms with E-state index >= 15 is 0 Å². The number of furan rings is 1. The van der Waals surface area contributed by atoms with Crippen LogP contribution in [0.15, 0.2) is 65.4 Å². The average molecular weight is 355 g/mol. The lowest BCUT2D eigenvalue weighted by molar-refractivity contribution is 0.294. The number of hydrogen-bond donors (Lipinski definition) is 0. The van der Waals surface area contributed by atoms with Crippen molar-refractivity contribution in [2.75, 3.05) is 13.6 Å². The highest BCUT2D eigenvalue weighted by molar-refractivity contribution is 5.78. The molecule has 27 heavy (non-hydrogen) atoms. The molecule has 1 aliphatic rings. The lowest BCUT2D eigenvalue weighted by atomic mass is 9.81. The zero-order valence-electron chi connectivity index (χ0n) is 15.5. The summed E-state index contributed by atoms with van der Waals surface area (Å²) in [7, 11) is 2.20. The number of benzene rings is 2. The Hall–Kier alpha value is -2.98. The number of fused-ring (bicyclic) bond motifs is 2. The SMILES string of the molecule is Cc1c(-c2cccnn2)ccc2c1CN(C)CC2c1ccc2occc2c1. The van der Waals surface area contributed by atoms with Gasteiger partial charge in [-0.25, -0.2) is 0 Å². The minimum atomic E-state index is 0.354. The van der Waals surface area contributed by atoms with Crippen LogP contribution in [0.25, 0.3) is 22.2 Å². The normalized spacial score (nSPS) is 17.2. The molecule has 1 atom stereocenters. The number of likely N-dealkylation sites (N-methyl/N-ethyl adjacent to an activating group) is 1. The minimum Gasteiger partial charge on any atom is -0.464 e. The molecule has 134 valence electrons. The maximum absolute atomic E-state index is 5.51. The standard InChI is InChI=1S/C23H21N3O/c1-15-18(22-4-3-10-24-25-22)6-7-19-20(15)13-26(2)14-21(19)16-5-8-23-17(12-16)9-11-27-23/h3-12,21H,13-14H2,1-2H3. The second kappa shape index (κ2) is 6.32. The van der Waals surface area contributed by atoms with Crippen LogP contribution in [0.1, 0.15) is 28.2 Å². The van der Waals surface area contributed by atoms with Crippen LogP contribution in [0.3, 0.4) is 0 Å². The second-order valence-corrected chi connectivity index (χ2v) is 7.38. The molecule has 0 spiro atoms. The van der Waals surface area contributed by atoms with E-state index in [0.29, 0.717) is 5.92 Å². The Morgan fingerprint density at radius 1 is 1.11 bits per heavy atom. The van der Waals surface area contributed by atoms with E-state index in [-0.39, 0.29) is 0 Å². The van der Waals surface area contributed by atoms with Gasteiger partial charge in [-0.15, -0.1) is 0 Å². The highest BCUT2D eigenvalue weighted by atomic mass is 16.3. The first-order chi connectivity index (χ1) is 13.2. The summed E-state index contributed by atoms with van der Waals surface area (Å²) in [5.41, 5.74) is 8.50. The third kappa shape index (κ3) is 2.73. The van der Waals surface area contributed by atoms with Crippen LogP contribution in [0.5, 0.6) is 0 Å². The van der Waals surface area contributed by atoms with E-state index in [1.165, 1.54) is 27.8 Å². The lowest BCUT2D eigenvalue weighted by Gasteiger charge is -2.34. The maximum Gasteiger partial charge on any atom is 0.133 e. The minimum absolute atomic E-state index is 0.354. The Morgan fingerprint density at radius 3 is 2.89 bits per heavy atom. The molecule has 0 fully saturated rings. The van der Waals surface area contributed by atoms with Gasteiger partial charge in [-0.2, -0.15) is 10.2 Å². The van der Waals surface area contributed by atoms with E-state index in [2.05, 4.69) is 59.4 Å². The number of hydrogen-bond acceptors (Lipinski definition) is 4. The summed E-state index contributed by atoms with van der Waals surface area (Å²) in [6, 6.07) is 17.0. The van der Waals surface area contributed by atoms with Crippen LogP contribution >= 0.6 is 0 Å². The predicted molar refractivity (Wildman–Crippen MR) is 107 cm³/mol. The van der Waals surface area contributed by atoms with Crippen LogP contribution in [0, 0.1) is 6.92 Å². The van der Waals surface area contributed by atoms with Gasteiger partial charge >= 0.3 is 0 Å². The molecule has 0 amide bonds. The topological polar surface area (TPSA) is 42.2 Å². The summed E-state index contributed by atoms with van der Waals surface area (Å²) in [6.07, 6.45) is 3.47. The Labute approximate surface area is 158 Å². The molecule has 4 heteroatoms. The van der Waals surface area contributed by atoms with Crippen LogP contribution < -0.4 is 0 Å². The molecule has 4 aromatic rings. The summed E-state index contributed by atoms with van der Waals surface area (Å²) >= 11 is 0. The molecule has 0 bridgehead atoms. The second-order valence-electron chi connectivity index (χ2n) is 7.38. The molecule has 0 saturated heterocycles. The first-order valence-electron chi connectivity index (χ1n) is 9.27. The van der Waals surface area contributed by atoms with Gasteiger partial charge in [0.05, 0.1) is 12.0 Å².